The first kappa shape index (κ1) is 19.5. The molecule has 0 aliphatic heterocycles. The molecule has 0 heterocycles. The molecule has 0 spiro atoms. The molecule has 2 saturated carbocycles. The lowest BCUT2D eigenvalue weighted by atomic mass is 10.1. The van der Waals surface area contributed by atoms with Crippen LogP contribution in [0.5, 0.6) is 0 Å². The summed E-state index contributed by atoms with van der Waals surface area (Å²) in [4.78, 5) is 38.2. The second-order valence-electron chi connectivity index (χ2n) is 7.27. The molecule has 0 saturated heterocycles. The van der Waals surface area contributed by atoms with E-state index >= 15 is 0 Å². The number of imide groups is 1. The number of hydrogen-bond acceptors (Lipinski definition) is 5. The zero-order valence-corrected chi connectivity index (χ0v) is 15.6. The topological polar surface area (TPSA) is 90.5 Å². The summed E-state index contributed by atoms with van der Waals surface area (Å²) in [6.07, 6.45) is 4.95. The highest BCUT2D eigenvalue weighted by molar-refractivity contribution is 6.00. The van der Waals surface area contributed by atoms with Gasteiger partial charge >= 0.3 is 0 Å². The maximum absolute atomic E-state index is 12.4. The Morgan fingerprint density at radius 2 is 1.44 bits per heavy atom. The molecule has 0 atom stereocenters. The summed E-state index contributed by atoms with van der Waals surface area (Å²) in [5, 5.41) is 9.02. The Balaban J connectivity index is 1.46. The average Bonchev–Trinajstić information content (AvgIpc) is 3.57. The van der Waals surface area contributed by atoms with Crippen molar-refractivity contribution in [2.24, 2.45) is 0 Å². The number of carbonyl (C=O) groups excluding carboxylic acids is 3. The standard InChI is InChI=1S/C20H28N4O3/c25-18(21-11-10-15-4-2-1-3-5-15)14-24(19(26)12-22-16-6-7-16)20(27)13-23-17-8-9-17/h1-5,16-17,22-23H,6-14H2,(H,21,25). The number of rotatable bonds is 11. The molecule has 0 unspecified atom stereocenters. The van der Waals surface area contributed by atoms with Crippen molar-refractivity contribution in [1.29, 1.82) is 0 Å². The highest BCUT2D eigenvalue weighted by Crippen LogP contribution is 2.19. The lowest BCUT2D eigenvalue weighted by Gasteiger charge is -2.21. The molecule has 1 aromatic rings. The number of nitrogens with zero attached hydrogens (tertiary/aromatic N) is 1. The normalized spacial score (nSPS) is 16.0. The predicted molar refractivity (Wildman–Crippen MR) is 102 cm³/mol. The van der Waals surface area contributed by atoms with E-state index in [4.69, 9.17) is 0 Å². The fourth-order valence-electron chi connectivity index (χ4n) is 2.73. The SMILES string of the molecule is O=C(CN(C(=O)CNC1CC1)C(=O)CNC1CC1)NCCc1ccccc1. The smallest absolute Gasteiger partial charge is 0.243 e. The van der Waals surface area contributed by atoms with Gasteiger partial charge in [-0.1, -0.05) is 30.3 Å². The molecule has 1 aromatic carbocycles. The summed E-state index contributed by atoms with van der Waals surface area (Å²) < 4.78 is 0. The molecule has 3 amide bonds. The molecular weight excluding hydrogens is 344 g/mol. The molecular formula is C20H28N4O3. The van der Waals surface area contributed by atoms with Gasteiger partial charge in [-0.05, 0) is 37.7 Å². The fourth-order valence-corrected chi connectivity index (χ4v) is 2.73. The van der Waals surface area contributed by atoms with Gasteiger partial charge < -0.3 is 16.0 Å². The van der Waals surface area contributed by atoms with Crippen LogP contribution in [0.4, 0.5) is 0 Å². The van der Waals surface area contributed by atoms with E-state index < -0.39 is 0 Å². The third kappa shape index (κ3) is 7.11. The Bertz CT molecular complexity index is 628. The van der Waals surface area contributed by atoms with Crippen molar-refractivity contribution in [1.82, 2.24) is 20.9 Å². The minimum absolute atomic E-state index is 0.0944. The zero-order valence-electron chi connectivity index (χ0n) is 15.6. The Morgan fingerprint density at radius 3 is 1.96 bits per heavy atom. The minimum atomic E-state index is -0.345. The van der Waals surface area contributed by atoms with Crippen LogP contribution < -0.4 is 16.0 Å². The second kappa shape index (κ2) is 9.62. The zero-order chi connectivity index (χ0) is 19.1. The van der Waals surface area contributed by atoms with Crippen LogP contribution in [-0.2, 0) is 20.8 Å². The molecule has 2 fully saturated rings. The van der Waals surface area contributed by atoms with Crippen molar-refractivity contribution in [2.45, 2.75) is 44.2 Å². The van der Waals surface area contributed by atoms with E-state index in [9.17, 15) is 14.4 Å². The third-order valence-corrected chi connectivity index (χ3v) is 4.72. The van der Waals surface area contributed by atoms with E-state index in [1.54, 1.807) is 0 Å². The monoisotopic (exact) mass is 372 g/mol. The van der Waals surface area contributed by atoms with Crippen LogP contribution in [0.2, 0.25) is 0 Å². The molecule has 27 heavy (non-hydrogen) atoms. The number of hydrogen-bond donors (Lipinski definition) is 3. The molecule has 0 bridgehead atoms. The average molecular weight is 372 g/mol. The van der Waals surface area contributed by atoms with Crippen molar-refractivity contribution < 1.29 is 14.4 Å². The Hall–Kier alpha value is -2.25. The highest BCUT2D eigenvalue weighted by Gasteiger charge is 2.28. The van der Waals surface area contributed by atoms with E-state index in [1.807, 2.05) is 30.3 Å². The van der Waals surface area contributed by atoms with Gasteiger partial charge in [0, 0.05) is 18.6 Å². The molecule has 7 nitrogen and oxygen atoms in total. The summed E-state index contributed by atoms with van der Waals surface area (Å²) in [6.45, 7) is 0.430. The lowest BCUT2D eigenvalue weighted by Crippen LogP contribution is -2.50. The van der Waals surface area contributed by atoms with Crippen molar-refractivity contribution in [3.05, 3.63) is 35.9 Å². The van der Waals surface area contributed by atoms with Crippen LogP contribution in [-0.4, -0.2) is 60.9 Å². The van der Waals surface area contributed by atoms with Gasteiger partial charge in [-0.15, -0.1) is 0 Å². The van der Waals surface area contributed by atoms with Gasteiger partial charge in [-0.2, -0.15) is 0 Å². The molecule has 146 valence electrons. The van der Waals surface area contributed by atoms with E-state index in [1.165, 1.54) is 0 Å². The van der Waals surface area contributed by atoms with Gasteiger partial charge in [0.2, 0.25) is 17.7 Å². The third-order valence-electron chi connectivity index (χ3n) is 4.72. The first-order chi connectivity index (χ1) is 13.1. The van der Waals surface area contributed by atoms with E-state index in [0.717, 1.165) is 36.1 Å². The molecule has 0 radical (unpaired) electrons. The van der Waals surface area contributed by atoms with Crippen LogP contribution in [0.25, 0.3) is 0 Å². The number of benzene rings is 1. The largest absolute Gasteiger partial charge is 0.354 e. The van der Waals surface area contributed by atoms with Crippen molar-refractivity contribution in [2.75, 3.05) is 26.2 Å². The second-order valence-corrected chi connectivity index (χ2v) is 7.27. The lowest BCUT2D eigenvalue weighted by molar-refractivity contribution is -0.147. The van der Waals surface area contributed by atoms with Gasteiger partial charge in [0.1, 0.15) is 6.54 Å². The molecule has 3 rings (SSSR count). The van der Waals surface area contributed by atoms with E-state index in [2.05, 4.69) is 16.0 Å². The summed E-state index contributed by atoms with van der Waals surface area (Å²) in [5.41, 5.74) is 1.13. The molecule has 3 N–H and O–H groups in total. The number of carbonyl (C=O) groups is 3. The Morgan fingerprint density at radius 1 is 0.889 bits per heavy atom. The van der Waals surface area contributed by atoms with Crippen molar-refractivity contribution in [3.8, 4) is 0 Å². The van der Waals surface area contributed by atoms with Gasteiger partial charge in [-0.3, -0.25) is 19.3 Å². The predicted octanol–water partition coefficient (Wildman–Crippen LogP) is 0.205. The van der Waals surface area contributed by atoms with Crippen LogP contribution in [0.1, 0.15) is 31.2 Å². The van der Waals surface area contributed by atoms with Crippen molar-refractivity contribution >= 4 is 17.7 Å². The summed E-state index contributed by atoms with van der Waals surface area (Å²) >= 11 is 0. The van der Waals surface area contributed by atoms with Crippen LogP contribution in [0.3, 0.4) is 0 Å². The van der Waals surface area contributed by atoms with Crippen molar-refractivity contribution in [3.63, 3.8) is 0 Å². The molecule has 2 aliphatic carbocycles. The first-order valence-electron chi connectivity index (χ1n) is 9.72. The maximum Gasteiger partial charge on any atom is 0.243 e. The summed E-state index contributed by atoms with van der Waals surface area (Å²) in [5.74, 6) is -1.00. The van der Waals surface area contributed by atoms with Crippen LogP contribution >= 0.6 is 0 Å². The minimum Gasteiger partial charge on any atom is -0.354 e. The fraction of sp³-hybridized carbons (Fsp3) is 0.550. The van der Waals surface area contributed by atoms with Crippen LogP contribution in [0, 0.1) is 0 Å². The molecule has 0 aromatic heterocycles. The van der Waals surface area contributed by atoms with Gasteiger partial charge in [-0.25, -0.2) is 0 Å². The molecule has 7 heteroatoms. The Kier molecular flexibility index (Phi) is 6.95. The van der Waals surface area contributed by atoms with Crippen LogP contribution in [0.15, 0.2) is 30.3 Å². The highest BCUT2D eigenvalue weighted by atomic mass is 16.2. The van der Waals surface area contributed by atoms with Gasteiger partial charge in [0.05, 0.1) is 13.1 Å². The first-order valence-corrected chi connectivity index (χ1v) is 9.72. The Labute approximate surface area is 159 Å². The van der Waals surface area contributed by atoms with Gasteiger partial charge in [0.25, 0.3) is 0 Å². The number of amides is 3. The van der Waals surface area contributed by atoms with Gasteiger partial charge in [0.15, 0.2) is 0 Å². The summed E-state index contributed by atoms with van der Waals surface area (Å²) in [6, 6.07) is 10.6. The van der Waals surface area contributed by atoms with E-state index in [-0.39, 0.29) is 37.4 Å². The van der Waals surface area contributed by atoms with E-state index in [0.29, 0.717) is 25.0 Å². The number of nitrogens with one attached hydrogen (secondary N) is 3. The maximum atomic E-state index is 12.4. The molecule has 2 aliphatic rings. The summed E-state index contributed by atoms with van der Waals surface area (Å²) in [7, 11) is 0. The quantitative estimate of drug-likeness (QED) is 0.516.